The minimum Gasteiger partial charge on any atom is -0.497 e. The summed E-state index contributed by atoms with van der Waals surface area (Å²) in [6.45, 7) is 0.863. The van der Waals surface area contributed by atoms with E-state index in [2.05, 4.69) is 5.32 Å². The Balaban J connectivity index is 1.52. The lowest BCUT2D eigenvalue weighted by molar-refractivity contribution is -0.127. The van der Waals surface area contributed by atoms with Gasteiger partial charge in [0.1, 0.15) is 5.75 Å². The first-order valence-corrected chi connectivity index (χ1v) is 9.48. The van der Waals surface area contributed by atoms with Crippen molar-refractivity contribution < 1.29 is 14.3 Å². The third-order valence-electron chi connectivity index (χ3n) is 4.28. The van der Waals surface area contributed by atoms with Crippen LogP contribution in [-0.4, -0.2) is 30.4 Å². The monoisotopic (exact) mass is 370 g/mol. The molecule has 1 aliphatic rings. The summed E-state index contributed by atoms with van der Waals surface area (Å²) in [6.07, 6.45) is 3.59. The molecular formula is C20H22N2O3S. The Morgan fingerprint density at radius 2 is 2.19 bits per heavy atom. The molecule has 2 heterocycles. The zero-order valence-corrected chi connectivity index (χ0v) is 15.6. The maximum atomic E-state index is 12.2. The van der Waals surface area contributed by atoms with Crippen LogP contribution in [0.5, 0.6) is 5.75 Å². The fourth-order valence-corrected chi connectivity index (χ4v) is 3.58. The summed E-state index contributed by atoms with van der Waals surface area (Å²) >= 11 is 1.64. The van der Waals surface area contributed by atoms with Crippen LogP contribution in [0.15, 0.2) is 47.5 Å². The first-order valence-electron chi connectivity index (χ1n) is 8.60. The van der Waals surface area contributed by atoms with Crippen molar-refractivity contribution in [2.24, 2.45) is 0 Å². The van der Waals surface area contributed by atoms with Gasteiger partial charge in [-0.3, -0.25) is 9.59 Å². The van der Waals surface area contributed by atoms with E-state index in [-0.39, 0.29) is 18.2 Å². The van der Waals surface area contributed by atoms with E-state index in [1.54, 1.807) is 23.3 Å². The molecule has 0 unspecified atom stereocenters. The molecule has 6 heteroatoms. The molecule has 1 N–H and O–H groups in total. The van der Waals surface area contributed by atoms with Gasteiger partial charge in [-0.05, 0) is 41.6 Å². The molecule has 2 aromatic rings. The summed E-state index contributed by atoms with van der Waals surface area (Å²) in [4.78, 5) is 27.1. The lowest BCUT2D eigenvalue weighted by Crippen LogP contribution is -2.30. The second-order valence-corrected chi connectivity index (χ2v) is 7.05. The quantitative estimate of drug-likeness (QED) is 0.812. The SMILES string of the molecule is COc1cccc(CNC(=O)CCN2C(=O)CC/C2=C/c2cccs2)c1. The van der Waals surface area contributed by atoms with E-state index in [0.717, 1.165) is 28.3 Å². The van der Waals surface area contributed by atoms with Crippen molar-refractivity contribution >= 4 is 29.2 Å². The average Bonchev–Trinajstić information content (AvgIpc) is 3.29. The lowest BCUT2D eigenvalue weighted by Gasteiger charge is -2.18. The maximum absolute atomic E-state index is 12.2. The maximum Gasteiger partial charge on any atom is 0.227 e. The van der Waals surface area contributed by atoms with Gasteiger partial charge in [0.05, 0.1) is 7.11 Å². The number of carbonyl (C=O) groups is 2. The fraction of sp³-hybridized carbons (Fsp3) is 0.300. The van der Waals surface area contributed by atoms with E-state index in [1.807, 2.05) is 47.9 Å². The van der Waals surface area contributed by atoms with Crippen molar-refractivity contribution in [1.82, 2.24) is 10.2 Å². The average molecular weight is 370 g/mol. The molecular weight excluding hydrogens is 348 g/mol. The van der Waals surface area contributed by atoms with Crippen molar-refractivity contribution in [3.8, 4) is 5.75 Å². The number of hydrogen-bond donors (Lipinski definition) is 1. The van der Waals surface area contributed by atoms with Gasteiger partial charge in [-0.2, -0.15) is 0 Å². The van der Waals surface area contributed by atoms with E-state index in [4.69, 9.17) is 4.74 Å². The van der Waals surface area contributed by atoms with Crippen LogP contribution in [0.1, 0.15) is 29.7 Å². The highest BCUT2D eigenvalue weighted by molar-refractivity contribution is 7.10. The number of likely N-dealkylation sites (tertiary alicyclic amines) is 1. The number of benzene rings is 1. The Hall–Kier alpha value is -2.60. The number of hydrogen-bond acceptors (Lipinski definition) is 4. The molecule has 0 radical (unpaired) electrons. The van der Waals surface area contributed by atoms with Gasteiger partial charge in [-0.1, -0.05) is 18.2 Å². The van der Waals surface area contributed by atoms with Crippen LogP contribution >= 0.6 is 11.3 Å². The molecule has 5 nitrogen and oxygen atoms in total. The number of amides is 2. The molecule has 3 rings (SSSR count). The molecule has 1 aromatic heterocycles. The minimum absolute atomic E-state index is 0.0667. The number of ether oxygens (including phenoxy) is 1. The van der Waals surface area contributed by atoms with Crippen LogP contribution < -0.4 is 10.1 Å². The topological polar surface area (TPSA) is 58.6 Å². The molecule has 1 aliphatic heterocycles. The molecule has 136 valence electrons. The van der Waals surface area contributed by atoms with Gasteiger partial charge in [0, 0.05) is 36.5 Å². The summed E-state index contributed by atoms with van der Waals surface area (Å²) in [5.74, 6) is 0.791. The number of allylic oxidation sites excluding steroid dienone is 1. The Bertz CT molecular complexity index is 799. The third kappa shape index (κ3) is 4.73. The highest BCUT2D eigenvalue weighted by Crippen LogP contribution is 2.26. The predicted molar refractivity (Wildman–Crippen MR) is 103 cm³/mol. The highest BCUT2D eigenvalue weighted by atomic mass is 32.1. The third-order valence-corrected chi connectivity index (χ3v) is 5.10. The molecule has 2 amide bonds. The van der Waals surface area contributed by atoms with E-state index in [0.29, 0.717) is 19.5 Å². The summed E-state index contributed by atoms with van der Waals surface area (Å²) in [5, 5.41) is 4.91. The standard InChI is InChI=1S/C20H22N2O3S/c1-25-17-5-2-4-15(12-17)14-21-19(23)9-10-22-16(7-8-20(22)24)13-18-6-3-11-26-18/h2-6,11-13H,7-10,14H2,1H3,(H,21,23)/b16-13-. The number of thiophene rings is 1. The van der Waals surface area contributed by atoms with E-state index in [9.17, 15) is 9.59 Å². The minimum atomic E-state index is -0.0667. The Morgan fingerprint density at radius 1 is 1.31 bits per heavy atom. The molecule has 0 atom stereocenters. The molecule has 0 aliphatic carbocycles. The van der Waals surface area contributed by atoms with Crippen LogP contribution in [0.25, 0.3) is 6.08 Å². The normalized spacial score (nSPS) is 15.5. The van der Waals surface area contributed by atoms with Crippen LogP contribution in [0.4, 0.5) is 0 Å². The fourth-order valence-electron chi connectivity index (χ4n) is 2.91. The zero-order valence-electron chi connectivity index (χ0n) is 14.7. The zero-order chi connectivity index (χ0) is 18.4. The van der Waals surface area contributed by atoms with Gasteiger partial charge in [-0.25, -0.2) is 0 Å². The highest BCUT2D eigenvalue weighted by Gasteiger charge is 2.25. The lowest BCUT2D eigenvalue weighted by atomic mass is 10.2. The van der Waals surface area contributed by atoms with Crippen LogP contribution in [0.2, 0.25) is 0 Å². The smallest absolute Gasteiger partial charge is 0.227 e. The molecule has 1 aromatic carbocycles. The van der Waals surface area contributed by atoms with Gasteiger partial charge in [0.15, 0.2) is 0 Å². The first kappa shape index (κ1) is 18.2. The number of methoxy groups -OCH3 is 1. The van der Waals surface area contributed by atoms with Gasteiger partial charge in [0.2, 0.25) is 11.8 Å². The Kier molecular flexibility index (Phi) is 6.07. The van der Waals surface area contributed by atoms with Gasteiger partial charge in [-0.15, -0.1) is 11.3 Å². The molecule has 0 bridgehead atoms. The van der Waals surface area contributed by atoms with Crippen molar-refractivity contribution in [2.75, 3.05) is 13.7 Å². The molecule has 0 saturated carbocycles. The Morgan fingerprint density at radius 3 is 2.96 bits per heavy atom. The first-order chi connectivity index (χ1) is 12.7. The number of nitrogens with zero attached hydrogens (tertiary/aromatic N) is 1. The number of carbonyl (C=O) groups excluding carboxylic acids is 2. The van der Waals surface area contributed by atoms with Crippen LogP contribution in [0.3, 0.4) is 0 Å². The van der Waals surface area contributed by atoms with Crippen molar-refractivity contribution in [1.29, 1.82) is 0 Å². The number of rotatable bonds is 7. The summed E-state index contributed by atoms with van der Waals surface area (Å²) in [7, 11) is 1.62. The summed E-state index contributed by atoms with van der Waals surface area (Å²) < 4.78 is 5.18. The molecule has 0 spiro atoms. The molecule has 1 fully saturated rings. The van der Waals surface area contributed by atoms with E-state index in [1.165, 1.54) is 0 Å². The summed E-state index contributed by atoms with van der Waals surface area (Å²) in [5.41, 5.74) is 1.98. The second-order valence-electron chi connectivity index (χ2n) is 6.07. The van der Waals surface area contributed by atoms with Crippen molar-refractivity contribution in [2.45, 2.75) is 25.8 Å². The van der Waals surface area contributed by atoms with Gasteiger partial charge in [0.25, 0.3) is 0 Å². The second kappa shape index (κ2) is 8.67. The molecule has 1 saturated heterocycles. The molecule has 26 heavy (non-hydrogen) atoms. The predicted octanol–water partition coefficient (Wildman–Crippen LogP) is 3.43. The van der Waals surface area contributed by atoms with Crippen molar-refractivity contribution in [3.05, 3.63) is 57.9 Å². The van der Waals surface area contributed by atoms with E-state index < -0.39 is 0 Å². The Labute approximate surface area is 157 Å². The van der Waals surface area contributed by atoms with Gasteiger partial charge >= 0.3 is 0 Å². The van der Waals surface area contributed by atoms with Crippen molar-refractivity contribution in [3.63, 3.8) is 0 Å². The van der Waals surface area contributed by atoms with Gasteiger partial charge < -0.3 is 15.0 Å². The summed E-state index contributed by atoms with van der Waals surface area (Å²) in [6, 6.07) is 11.6. The largest absolute Gasteiger partial charge is 0.497 e. The van der Waals surface area contributed by atoms with Crippen LogP contribution in [0, 0.1) is 0 Å². The number of nitrogens with one attached hydrogen (secondary N) is 1. The van der Waals surface area contributed by atoms with E-state index >= 15 is 0 Å². The van der Waals surface area contributed by atoms with Crippen LogP contribution in [-0.2, 0) is 16.1 Å².